The molecule has 2 heterocycles. The fourth-order valence-corrected chi connectivity index (χ4v) is 3.38. The van der Waals surface area contributed by atoms with Crippen LogP contribution in [0.4, 0.5) is 4.39 Å². The Kier molecular flexibility index (Phi) is 4.32. The summed E-state index contributed by atoms with van der Waals surface area (Å²) in [7, 11) is 0. The van der Waals surface area contributed by atoms with Crippen molar-refractivity contribution < 1.29 is 23.8 Å². The predicted molar refractivity (Wildman–Crippen MR) is 91.6 cm³/mol. The van der Waals surface area contributed by atoms with Crippen molar-refractivity contribution in [1.82, 2.24) is 9.88 Å². The van der Waals surface area contributed by atoms with Crippen molar-refractivity contribution in [2.75, 3.05) is 19.7 Å². The Morgan fingerprint density at radius 3 is 2.85 bits per heavy atom. The minimum Gasteiger partial charge on any atom is -0.481 e. The third-order valence-electron chi connectivity index (χ3n) is 4.84. The van der Waals surface area contributed by atoms with Crippen LogP contribution in [0.5, 0.6) is 0 Å². The largest absolute Gasteiger partial charge is 0.481 e. The molecule has 1 aromatic carbocycles. The lowest BCUT2D eigenvalue weighted by molar-refractivity contribution is -0.141. The number of carbonyl (C=O) groups excluding carboxylic acids is 1. The van der Waals surface area contributed by atoms with E-state index in [1.807, 2.05) is 0 Å². The van der Waals surface area contributed by atoms with Crippen molar-refractivity contribution in [2.24, 2.45) is 0 Å². The van der Waals surface area contributed by atoms with E-state index in [1.165, 1.54) is 12.1 Å². The zero-order valence-corrected chi connectivity index (χ0v) is 14.2. The van der Waals surface area contributed by atoms with Gasteiger partial charge in [0.1, 0.15) is 5.82 Å². The second kappa shape index (κ2) is 6.64. The Balaban J connectivity index is 1.69. The number of halogens is 1. The van der Waals surface area contributed by atoms with Gasteiger partial charge in [0, 0.05) is 30.1 Å². The summed E-state index contributed by atoms with van der Waals surface area (Å²) >= 11 is 0. The quantitative estimate of drug-likeness (QED) is 0.909. The maximum atomic E-state index is 13.8. The molecular weight excluding hydrogens is 339 g/mol. The number of amides is 1. The standard InChI is InChI=1S/C19H19FN2O4/c20-12-3-4-16-14(7-12)15(9-17(21-16)11-1-2-11)19(25)22-5-6-26-13(10-22)8-18(23)24/h3-4,7,9,11,13H,1-2,5-6,8,10H2,(H,23,24). The first-order valence-corrected chi connectivity index (χ1v) is 8.74. The number of carboxylic acids is 1. The zero-order valence-electron chi connectivity index (χ0n) is 14.2. The first-order valence-electron chi connectivity index (χ1n) is 8.74. The first kappa shape index (κ1) is 16.9. The van der Waals surface area contributed by atoms with Gasteiger partial charge < -0.3 is 14.7 Å². The number of carbonyl (C=O) groups is 2. The van der Waals surface area contributed by atoms with Gasteiger partial charge in [-0.15, -0.1) is 0 Å². The highest BCUT2D eigenvalue weighted by atomic mass is 19.1. The van der Waals surface area contributed by atoms with Gasteiger partial charge in [-0.2, -0.15) is 0 Å². The van der Waals surface area contributed by atoms with E-state index in [4.69, 9.17) is 9.84 Å². The van der Waals surface area contributed by atoms with Crippen LogP contribution < -0.4 is 0 Å². The molecule has 1 aliphatic heterocycles. The van der Waals surface area contributed by atoms with Gasteiger partial charge in [-0.25, -0.2) is 4.39 Å². The number of benzene rings is 1. The molecular formula is C19H19FN2O4. The van der Waals surface area contributed by atoms with Crippen molar-refractivity contribution in [3.63, 3.8) is 0 Å². The van der Waals surface area contributed by atoms with Crippen molar-refractivity contribution >= 4 is 22.8 Å². The first-order chi connectivity index (χ1) is 12.5. The fraction of sp³-hybridized carbons (Fsp3) is 0.421. The smallest absolute Gasteiger partial charge is 0.306 e. The molecule has 1 aliphatic carbocycles. The second-order valence-electron chi connectivity index (χ2n) is 6.87. The van der Waals surface area contributed by atoms with Gasteiger partial charge in [-0.3, -0.25) is 14.6 Å². The Morgan fingerprint density at radius 1 is 1.31 bits per heavy atom. The van der Waals surface area contributed by atoms with Gasteiger partial charge in [0.05, 0.1) is 30.2 Å². The van der Waals surface area contributed by atoms with Gasteiger partial charge in [-0.1, -0.05) is 0 Å². The number of ether oxygens (including phenoxy) is 1. The molecule has 2 aromatic rings. The third kappa shape index (κ3) is 3.39. The normalized spacial score (nSPS) is 20.3. The van der Waals surface area contributed by atoms with Crippen LogP contribution in [0.25, 0.3) is 10.9 Å². The number of morpholine rings is 1. The van der Waals surface area contributed by atoms with Gasteiger partial charge in [0.25, 0.3) is 5.91 Å². The zero-order chi connectivity index (χ0) is 18.3. The van der Waals surface area contributed by atoms with Crippen LogP contribution in [-0.2, 0) is 9.53 Å². The van der Waals surface area contributed by atoms with Crippen LogP contribution in [0, 0.1) is 5.82 Å². The number of pyridine rings is 1. The summed E-state index contributed by atoms with van der Waals surface area (Å²) in [6, 6.07) is 6.04. The van der Waals surface area contributed by atoms with Crippen molar-refractivity contribution in [3.8, 4) is 0 Å². The summed E-state index contributed by atoms with van der Waals surface area (Å²) in [6.07, 6.45) is 1.41. The van der Waals surface area contributed by atoms with Crippen LogP contribution >= 0.6 is 0 Å². The number of hydrogen-bond acceptors (Lipinski definition) is 4. The van der Waals surface area contributed by atoms with Crippen molar-refractivity contribution in [1.29, 1.82) is 0 Å². The maximum Gasteiger partial charge on any atom is 0.306 e. The number of aromatic nitrogens is 1. The molecule has 0 bridgehead atoms. The average molecular weight is 358 g/mol. The molecule has 1 saturated heterocycles. The van der Waals surface area contributed by atoms with E-state index in [0.717, 1.165) is 18.5 Å². The second-order valence-corrected chi connectivity index (χ2v) is 6.87. The summed E-state index contributed by atoms with van der Waals surface area (Å²) in [5, 5.41) is 9.44. The monoisotopic (exact) mass is 358 g/mol. The Hall–Kier alpha value is -2.54. The fourth-order valence-electron chi connectivity index (χ4n) is 3.38. The van der Waals surface area contributed by atoms with E-state index in [-0.39, 0.29) is 25.5 Å². The molecule has 26 heavy (non-hydrogen) atoms. The molecule has 6 nitrogen and oxygen atoms in total. The van der Waals surface area contributed by atoms with Gasteiger partial charge in [0.2, 0.25) is 0 Å². The van der Waals surface area contributed by atoms with Gasteiger partial charge in [0.15, 0.2) is 0 Å². The molecule has 136 valence electrons. The molecule has 1 N–H and O–H groups in total. The highest BCUT2D eigenvalue weighted by Crippen LogP contribution is 2.40. The molecule has 0 radical (unpaired) electrons. The average Bonchev–Trinajstić information content (AvgIpc) is 3.45. The van der Waals surface area contributed by atoms with Gasteiger partial charge >= 0.3 is 5.97 Å². The SMILES string of the molecule is O=C(O)CC1CN(C(=O)c2cc(C3CC3)nc3ccc(F)cc23)CCO1. The molecule has 1 aromatic heterocycles. The lowest BCUT2D eigenvalue weighted by atomic mass is 10.0. The van der Waals surface area contributed by atoms with E-state index in [2.05, 4.69) is 4.98 Å². The van der Waals surface area contributed by atoms with Crippen LogP contribution in [-0.4, -0.2) is 52.7 Å². The number of rotatable bonds is 4. The molecule has 7 heteroatoms. The number of fused-ring (bicyclic) bond motifs is 1. The van der Waals surface area contributed by atoms with E-state index in [0.29, 0.717) is 28.9 Å². The minimum absolute atomic E-state index is 0.150. The number of nitrogens with zero attached hydrogens (tertiary/aromatic N) is 2. The van der Waals surface area contributed by atoms with E-state index >= 15 is 0 Å². The van der Waals surface area contributed by atoms with Gasteiger partial charge in [-0.05, 0) is 37.1 Å². The lowest BCUT2D eigenvalue weighted by Crippen LogP contribution is -2.46. The summed E-state index contributed by atoms with van der Waals surface area (Å²) in [5.74, 6) is -1.25. The van der Waals surface area contributed by atoms with Crippen LogP contribution in [0.3, 0.4) is 0 Å². The Morgan fingerprint density at radius 2 is 2.12 bits per heavy atom. The van der Waals surface area contributed by atoms with Crippen molar-refractivity contribution in [3.05, 3.63) is 41.3 Å². The van der Waals surface area contributed by atoms with Crippen LogP contribution in [0.1, 0.15) is 41.2 Å². The summed E-state index contributed by atoms with van der Waals surface area (Å²) < 4.78 is 19.2. The van der Waals surface area contributed by atoms with Crippen molar-refractivity contribution in [2.45, 2.75) is 31.3 Å². The summed E-state index contributed by atoms with van der Waals surface area (Å²) in [4.78, 5) is 30.2. The minimum atomic E-state index is -0.961. The molecule has 0 spiro atoms. The number of carboxylic acid groups (broad SMARTS) is 1. The molecule has 2 fully saturated rings. The molecule has 2 aliphatic rings. The van der Waals surface area contributed by atoms with E-state index in [1.54, 1.807) is 17.0 Å². The molecule has 4 rings (SSSR count). The van der Waals surface area contributed by atoms with Crippen LogP contribution in [0.2, 0.25) is 0 Å². The number of aliphatic carboxylic acids is 1. The third-order valence-corrected chi connectivity index (χ3v) is 4.84. The highest BCUT2D eigenvalue weighted by Gasteiger charge is 2.30. The Bertz CT molecular complexity index is 881. The Labute approximate surface area is 149 Å². The molecule has 1 atom stereocenters. The molecule has 1 amide bonds. The predicted octanol–water partition coefficient (Wildman–Crippen LogP) is 2.57. The maximum absolute atomic E-state index is 13.8. The summed E-state index contributed by atoms with van der Waals surface area (Å²) in [6.45, 7) is 0.881. The van der Waals surface area contributed by atoms with E-state index in [9.17, 15) is 14.0 Å². The van der Waals surface area contributed by atoms with Crippen LogP contribution in [0.15, 0.2) is 24.3 Å². The molecule has 1 unspecified atom stereocenters. The number of hydrogen-bond donors (Lipinski definition) is 1. The summed E-state index contributed by atoms with van der Waals surface area (Å²) in [5.41, 5.74) is 1.89. The van der Waals surface area contributed by atoms with E-state index < -0.39 is 17.9 Å². The highest BCUT2D eigenvalue weighted by molar-refractivity contribution is 6.06. The topological polar surface area (TPSA) is 79.7 Å². The molecule has 1 saturated carbocycles. The lowest BCUT2D eigenvalue weighted by Gasteiger charge is -2.32.